The number of rotatable bonds is 9. The van der Waals surface area contributed by atoms with E-state index in [0.717, 1.165) is 25.9 Å². The van der Waals surface area contributed by atoms with E-state index in [1.54, 1.807) is 6.92 Å². The van der Waals surface area contributed by atoms with Gasteiger partial charge in [-0.05, 0) is 26.4 Å². The van der Waals surface area contributed by atoms with Crippen LogP contribution < -0.4 is 0 Å². The van der Waals surface area contributed by atoms with Crippen molar-refractivity contribution >= 4 is 5.97 Å². The molecular formula is C12H25NO3. The van der Waals surface area contributed by atoms with Crippen LogP contribution in [0.25, 0.3) is 0 Å². The minimum absolute atomic E-state index is 0.0937. The SMILES string of the molecule is CCCCN(CC)CC(O)CC(=O)OCC. The Balaban J connectivity index is 3.81. The zero-order valence-corrected chi connectivity index (χ0v) is 10.7. The summed E-state index contributed by atoms with van der Waals surface area (Å²) >= 11 is 0. The predicted octanol–water partition coefficient (Wildman–Crippen LogP) is 1.42. The van der Waals surface area contributed by atoms with E-state index in [2.05, 4.69) is 18.7 Å². The average molecular weight is 231 g/mol. The van der Waals surface area contributed by atoms with E-state index in [-0.39, 0.29) is 12.4 Å². The van der Waals surface area contributed by atoms with Crippen LogP contribution in [0.3, 0.4) is 0 Å². The van der Waals surface area contributed by atoms with Crippen LogP contribution in [0.1, 0.15) is 40.0 Å². The van der Waals surface area contributed by atoms with E-state index in [1.807, 2.05) is 0 Å². The molecule has 0 radical (unpaired) electrons. The molecule has 0 bridgehead atoms. The van der Waals surface area contributed by atoms with E-state index in [1.165, 1.54) is 0 Å². The largest absolute Gasteiger partial charge is 0.466 e. The molecule has 16 heavy (non-hydrogen) atoms. The van der Waals surface area contributed by atoms with E-state index < -0.39 is 6.10 Å². The number of hydrogen-bond acceptors (Lipinski definition) is 4. The quantitative estimate of drug-likeness (QED) is 0.610. The number of hydrogen-bond donors (Lipinski definition) is 1. The first-order valence-corrected chi connectivity index (χ1v) is 6.20. The summed E-state index contributed by atoms with van der Waals surface area (Å²) in [6.45, 7) is 8.78. The first-order valence-electron chi connectivity index (χ1n) is 6.20. The van der Waals surface area contributed by atoms with E-state index in [0.29, 0.717) is 13.2 Å². The topological polar surface area (TPSA) is 49.8 Å². The molecule has 4 nitrogen and oxygen atoms in total. The van der Waals surface area contributed by atoms with E-state index in [4.69, 9.17) is 4.74 Å². The summed E-state index contributed by atoms with van der Waals surface area (Å²) in [4.78, 5) is 13.3. The monoisotopic (exact) mass is 231 g/mol. The summed E-state index contributed by atoms with van der Waals surface area (Å²) in [5.74, 6) is -0.318. The van der Waals surface area contributed by atoms with Crippen molar-refractivity contribution in [2.24, 2.45) is 0 Å². The van der Waals surface area contributed by atoms with Crippen LogP contribution >= 0.6 is 0 Å². The molecule has 96 valence electrons. The molecule has 0 aliphatic carbocycles. The molecule has 0 aromatic rings. The summed E-state index contributed by atoms with van der Waals surface area (Å²) in [6.07, 6.45) is 1.75. The van der Waals surface area contributed by atoms with Crippen LogP contribution in [0.15, 0.2) is 0 Å². The average Bonchev–Trinajstić information content (AvgIpc) is 2.24. The standard InChI is InChI=1S/C12H25NO3/c1-4-7-8-13(5-2)10-11(14)9-12(15)16-6-3/h11,14H,4-10H2,1-3H3. The molecule has 1 atom stereocenters. The van der Waals surface area contributed by atoms with Crippen molar-refractivity contribution in [3.63, 3.8) is 0 Å². The van der Waals surface area contributed by atoms with Crippen molar-refractivity contribution in [1.82, 2.24) is 4.90 Å². The Kier molecular flexibility index (Phi) is 9.24. The highest BCUT2D eigenvalue weighted by Gasteiger charge is 2.14. The Hall–Kier alpha value is -0.610. The first-order chi connectivity index (χ1) is 7.63. The Labute approximate surface area is 98.6 Å². The van der Waals surface area contributed by atoms with Gasteiger partial charge in [-0.1, -0.05) is 20.3 Å². The molecule has 0 rings (SSSR count). The van der Waals surface area contributed by atoms with Gasteiger partial charge in [0.2, 0.25) is 0 Å². The predicted molar refractivity (Wildman–Crippen MR) is 64.3 cm³/mol. The molecular weight excluding hydrogens is 206 g/mol. The van der Waals surface area contributed by atoms with Gasteiger partial charge in [-0.3, -0.25) is 4.79 Å². The molecule has 0 aliphatic heterocycles. The zero-order valence-electron chi connectivity index (χ0n) is 10.7. The van der Waals surface area contributed by atoms with Crippen molar-refractivity contribution in [3.8, 4) is 0 Å². The van der Waals surface area contributed by atoms with Crippen LogP contribution in [0, 0.1) is 0 Å². The molecule has 1 N–H and O–H groups in total. The Bertz CT molecular complexity index is 185. The Morgan fingerprint density at radius 3 is 2.56 bits per heavy atom. The van der Waals surface area contributed by atoms with Crippen molar-refractivity contribution in [2.45, 2.75) is 46.1 Å². The lowest BCUT2D eigenvalue weighted by atomic mass is 10.2. The van der Waals surface area contributed by atoms with Crippen LogP contribution in [0.5, 0.6) is 0 Å². The second-order valence-electron chi connectivity index (χ2n) is 3.91. The van der Waals surface area contributed by atoms with Gasteiger partial charge < -0.3 is 14.7 Å². The van der Waals surface area contributed by atoms with Crippen LogP contribution in [-0.4, -0.2) is 48.3 Å². The highest BCUT2D eigenvalue weighted by atomic mass is 16.5. The van der Waals surface area contributed by atoms with Gasteiger partial charge in [-0.2, -0.15) is 0 Å². The Morgan fingerprint density at radius 1 is 1.38 bits per heavy atom. The number of carbonyl (C=O) groups is 1. The van der Waals surface area contributed by atoms with Crippen LogP contribution in [0.2, 0.25) is 0 Å². The fourth-order valence-corrected chi connectivity index (χ4v) is 1.54. The van der Waals surface area contributed by atoms with Crippen molar-refractivity contribution in [2.75, 3.05) is 26.2 Å². The molecule has 1 unspecified atom stereocenters. The van der Waals surface area contributed by atoms with E-state index in [9.17, 15) is 9.90 Å². The number of likely N-dealkylation sites (N-methyl/N-ethyl adjacent to an activating group) is 1. The van der Waals surface area contributed by atoms with Gasteiger partial charge in [0, 0.05) is 6.54 Å². The van der Waals surface area contributed by atoms with Gasteiger partial charge in [-0.25, -0.2) is 0 Å². The van der Waals surface area contributed by atoms with Crippen molar-refractivity contribution in [1.29, 1.82) is 0 Å². The lowest BCUT2D eigenvalue weighted by Crippen LogP contribution is -2.34. The number of nitrogens with zero attached hydrogens (tertiary/aromatic N) is 1. The second-order valence-corrected chi connectivity index (χ2v) is 3.91. The number of aliphatic hydroxyl groups is 1. The zero-order chi connectivity index (χ0) is 12.4. The third-order valence-corrected chi connectivity index (χ3v) is 2.45. The Morgan fingerprint density at radius 2 is 2.06 bits per heavy atom. The summed E-state index contributed by atoms with van der Waals surface area (Å²) < 4.78 is 4.79. The number of aliphatic hydroxyl groups excluding tert-OH is 1. The fraction of sp³-hybridized carbons (Fsp3) is 0.917. The van der Waals surface area contributed by atoms with Gasteiger partial charge in [0.1, 0.15) is 0 Å². The molecule has 0 saturated carbocycles. The molecule has 0 heterocycles. The first kappa shape index (κ1) is 15.4. The van der Waals surface area contributed by atoms with Gasteiger partial charge in [0.05, 0.1) is 19.1 Å². The molecule has 0 fully saturated rings. The highest BCUT2D eigenvalue weighted by molar-refractivity contribution is 5.69. The minimum Gasteiger partial charge on any atom is -0.466 e. The summed E-state index contributed by atoms with van der Waals surface area (Å²) in [5, 5.41) is 9.70. The fourth-order valence-electron chi connectivity index (χ4n) is 1.54. The maximum absolute atomic E-state index is 11.1. The van der Waals surface area contributed by atoms with Gasteiger partial charge >= 0.3 is 5.97 Å². The molecule has 0 saturated heterocycles. The second kappa shape index (κ2) is 9.60. The van der Waals surface area contributed by atoms with Gasteiger partial charge in [0.25, 0.3) is 0 Å². The number of esters is 1. The summed E-state index contributed by atoms with van der Waals surface area (Å²) in [7, 11) is 0. The number of unbranched alkanes of at least 4 members (excludes halogenated alkanes) is 1. The molecule has 0 aromatic carbocycles. The molecule has 4 heteroatoms. The van der Waals surface area contributed by atoms with Crippen LogP contribution in [0.4, 0.5) is 0 Å². The van der Waals surface area contributed by atoms with Crippen molar-refractivity contribution in [3.05, 3.63) is 0 Å². The molecule has 0 spiro atoms. The van der Waals surface area contributed by atoms with Crippen LogP contribution in [-0.2, 0) is 9.53 Å². The van der Waals surface area contributed by atoms with E-state index >= 15 is 0 Å². The number of carbonyl (C=O) groups excluding carboxylic acids is 1. The smallest absolute Gasteiger partial charge is 0.308 e. The van der Waals surface area contributed by atoms with Gasteiger partial charge in [0.15, 0.2) is 0 Å². The summed E-state index contributed by atoms with van der Waals surface area (Å²) in [6, 6.07) is 0. The lowest BCUT2D eigenvalue weighted by molar-refractivity contribution is -0.145. The van der Waals surface area contributed by atoms with Crippen molar-refractivity contribution < 1.29 is 14.6 Å². The molecule has 0 aliphatic rings. The lowest BCUT2D eigenvalue weighted by Gasteiger charge is -2.22. The molecule has 0 aromatic heterocycles. The third kappa shape index (κ3) is 7.65. The maximum atomic E-state index is 11.1. The summed E-state index contributed by atoms with van der Waals surface area (Å²) in [5.41, 5.74) is 0. The number of ether oxygens (including phenoxy) is 1. The maximum Gasteiger partial charge on any atom is 0.308 e. The normalized spacial score (nSPS) is 12.8. The van der Waals surface area contributed by atoms with Gasteiger partial charge in [-0.15, -0.1) is 0 Å². The highest BCUT2D eigenvalue weighted by Crippen LogP contribution is 2.01. The third-order valence-electron chi connectivity index (χ3n) is 2.45. The molecule has 0 amide bonds. The minimum atomic E-state index is -0.615.